The largest absolute Gasteiger partial charge is 0.399 e. The summed E-state index contributed by atoms with van der Waals surface area (Å²) in [5.74, 6) is 0. The summed E-state index contributed by atoms with van der Waals surface area (Å²) >= 11 is 0. The van der Waals surface area contributed by atoms with Crippen molar-refractivity contribution < 1.29 is 9.47 Å². The molecular formula is C10H17NO2. The van der Waals surface area contributed by atoms with E-state index in [2.05, 4.69) is 0 Å². The molecule has 3 nitrogen and oxygen atoms in total. The van der Waals surface area contributed by atoms with Gasteiger partial charge in [0.25, 0.3) is 0 Å². The number of ether oxygens (including phenoxy) is 2. The first-order valence-corrected chi connectivity index (χ1v) is 4.47. The van der Waals surface area contributed by atoms with Crippen LogP contribution in [0, 0.1) is 0 Å². The lowest BCUT2D eigenvalue weighted by atomic mass is 10.1. The van der Waals surface area contributed by atoms with Gasteiger partial charge in [-0.15, -0.1) is 0 Å². The normalized spacial score (nSPS) is 27.8. The molecule has 0 radical (unpaired) electrons. The molecule has 2 atom stereocenters. The average molecular weight is 183 g/mol. The van der Waals surface area contributed by atoms with Crippen molar-refractivity contribution in [3.8, 4) is 0 Å². The molecule has 0 aromatic rings. The molecule has 0 bridgehead atoms. The van der Waals surface area contributed by atoms with Gasteiger partial charge in [-0.1, -0.05) is 6.08 Å². The molecule has 0 aromatic carbocycles. The SMILES string of the molecule is COC1C=C(N)C=CC1OC(C)C. The fourth-order valence-corrected chi connectivity index (χ4v) is 1.29. The molecule has 1 aliphatic rings. The molecule has 0 saturated carbocycles. The molecule has 1 rings (SSSR count). The second-order valence-electron chi connectivity index (χ2n) is 3.38. The summed E-state index contributed by atoms with van der Waals surface area (Å²) in [5.41, 5.74) is 6.36. The van der Waals surface area contributed by atoms with Gasteiger partial charge in [-0.2, -0.15) is 0 Å². The Morgan fingerprint density at radius 2 is 2.08 bits per heavy atom. The lowest BCUT2D eigenvalue weighted by molar-refractivity contribution is -0.0383. The standard InChI is InChI=1S/C10H17NO2/c1-7(2)13-9-5-4-8(11)6-10(9)12-3/h4-7,9-10H,11H2,1-3H3. The minimum atomic E-state index is -0.0626. The number of rotatable bonds is 3. The van der Waals surface area contributed by atoms with Crippen LogP contribution in [0.15, 0.2) is 23.9 Å². The van der Waals surface area contributed by atoms with Gasteiger partial charge in [-0.3, -0.25) is 0 Å². The number of nitrogens with two attached hydrogens (primary N) is 1. The van der Waals surface area contributed by atoms with E-state index >= 15 is 0 Å². The third-order valence-electron chi connectivity index (χ3n) is 1.86. The molecule has 2 N–H and O–H groups in total. The van der Waals surface area contributed by atoms with Crippen molar-refractivity contribution in [1.82, 2.24) is 0 Å². The minimum absolute atomic E-state index is 0.0164. The van der Waals surface area contributed by atoms with Gasteiger partial charge in [0.05, 0.1) is 6.10 Å². The summed E-state index contributed by atoms with van der Waals surface area (Å²) in [6, 6.07) is 0. The van der Waals surface area contributed by atoms with Gasteiger partial charge in [0.1, 0.15) is 12.2 Å². The number of hydrogen-bond acceptors (Lipinski definition) is 3. The lowest BCUT2D eigenvalue weighted by Crippen LogP contribution is -2.32. The molecule has 0 aliphatic heterocycles. The monoisotopic (exact) mass is 183 g/mol. The molecule has 0 saturated heterocycles. The van der Waals surface area contributed by atoms with Crippen molar-refractivity contribution in [2.24, 2.45) is 5.73 Å². The zero-order valence-electron chi connectivity index (χ0n) is 8.36. The highest BCUT2D eigenvalue weighted by atomic mass is 16.5. The summed E-state index contributed by atoms with van der Waals surface area (Å²) in [7, 11) is 1.66. The van der Waals surface area contributed by atoms with Crippen LogP contribution in [0.1, 0.15) is 13.8 Å². The summed E-state index contributed by atoms with van der Waals surface area (Å²) in [5, 5.41) is 0. The first kappa shape index (κ1) is 10.3. The molecule has 13 heavy (non-hydrogen) atoms. The Morgan fingerprint density at radius 3 is 2.62 bits per heavy atom. The first-order valence-electron chi connectivity index (χ1n) is 4.47. The minimum Gasteiger partial charge on any atom is -0.399 e. The topological polar surface area (TPSA) is 44.5 Å². The van der Waals surface area contributed by atoms with Gasteiger partial charge in [0.15, 0.2) is 0 Å². The van der Waals surface area contributed by atoms with Crippen LogP contribution < -0.4 is 5.73 Å². The molecule has 0 aromatic heterocycles. The Labute approximate surface area is 79.2 Å². The van der Waals surface area contributed by atoms with Crippen LogP contribution in [-0.2, 0) is 9.47 Å². The molecule has 0 heterocycles. The van der Waals surface area contributed by atoms with E-state index in [0.717, 1.165) is 5.70 Å². The van der Waals surface area contributed by atoms with Crippen molar-refractivity contribution in [2.45, 2.75) is 32.2 Å². The quantitative estimate of drug-likeness (QED) is 0.715. The summed E-state index contributed by atoms with van der Waals surface area (Å²) in [4.78, 5) is 0. The molecule has 1 aliphatic carbocycles. The Kier molecular flexibility index (Phi) is 3.51. The van der Waals surface area contributed by atoms with Crippen molar-refractivity contribution in [3.63, 3.8) is 0 Å². The fraction of sp³-hybridized carbons (Fsp3) is 0.600. The van der Waals surface area contributed by atoms with E-state index in [-0.39, 0.29) is 18.3 Å². The Bertz CT molecular complexity index is 221. The lowest BCUT2D eigenvalue weighted by Gasteiger charge is -2.25. The number of methoxy groups -OCH3 is 1. The molecule has 0 amide bonds. The highest BCUT2D eigenvalue weighted by Crippen LogP contribution is 2.15. The van der Waals surface area contributed by atoms with Crippen LogP contribution in [-0.4, -0.2) is 25.4 Å². The predicted octanol–water partition coefficient (Wildman–Crippen LogP) is 1.21. The van der Waals surface area contributed by atoms with E-state index in [4.69, 9.17) is 15.2 Å². The predicted molar refractivity (Wildman–Crippen MR) is 52.2 cm³/mol. The van der Waals surface area contributed by atoms with E-state index in [0.29, 0.717) is 0 Å². The maximum atomic E-state index is 5.63. The van der Waals surface area contributed by atoms with Gasteiger partial charge >= 0.3 is 0 Å². The van der Waals surface area contributed by atoms with E-state index in [1.807, 2.05) is 32.1 Å². The molecule has 0 spiro atoms. The Morgan fingerprint density at radius 1 is 1.38 bits per heavy atom. The molecule has 0 fully saturated rings. The molecule has 3 heteroatoms. The summed E-state index contributed by atoms with van der Waals surface area (Å²) in [6.07, 6.45) is 5.77. The molecule has 2 unspecified atom stereocenters. The zero-order valence-corrected chi connectivity index (χ0v) is 8.36. The van der Waals surface area contributed by atoms with E-state index < -0.39 is 0 Å². The van der Waals surface area contributed by atoms with Gasteiger partial charge in [0, 0.05) is 12.8 Å². The third kappa shape index (κ3) is 2.86. The van der Waals surface area contributed by atoms with Gasteiger partial charge in [-0.05, 0) is 26.0 Å². The number of hydrogen-bond donors (Lipinski definition) is 1. The second kappa shape index (κ2) is 4.44. The smallest absolute Gasteiger partial charge is 0.107 e. The van der Waals surface area contributed by atoms with Crippen LogP contribution in [0.2, 0.25) is 0 Å². The molecular weight excluding hydrogens is 166 g/mol. The molecule has 74 valence electrons. The summed E-state index contributed by atoms with van der Waals surface area (Å²) < 4.78 is 10.9. The highest BCUT2D eigenvalue weighted by Gasteiger charge is 2.21. The van der Waals surface area contributed by atoms with Crippen molar-refractivity contribution in [3.05, 3.63) is 23.9 Å². The maximum absolute atomic E-state index is 5.63. The van der Waals surface area contributed by atoms with Crippen molar-refractivity contribution in [1.29, 1.82) is 0 Å². The highest BCUT2D eigenvalue weighted by molar-refractivity contribution is 5.24. The van der Waals surface area contributed by atoms with E-state index in [9.17, 15) is 0 Å². The van der Waals surface area contributed by atoms with Gasteiger partial charge in [-0.25, -0.2) is 0 Å². The van der Waals surface area contributed by atoms with Gasteiger partial charge in [0.2, 0.25) is 0 Å². The van der Waals surface area contributed by atoms with Crippen LogP contribution in [0.4, 0.5) is 0 Å². The van der Waals surface area contributed by atoms with Crippen molar-refractivity contribution in [2.75, 3.05) is 7.11 Å². The zero-order chi connectivity index (χ0) is 9.84. The second-order valence-corrected chi connectivity index (χ2v) is 3.38. The Balaban J connectivity index is 2.60. The van der Waals surface area contributed by atoms with Crippen molar-refractivity contribution >= 4 is 0 Å². The van der Waals surface area contributed by atoms with E-state index in [1.54, 1.807) is 7.11 Å². The Hall–Kier alpha value is -0.800. The average Bonchev–Trinajstić information content (AvgIpc) is 2.07. The van der Waals surface area contributed by atoms with Gasteiger partial charge < -0.3 is 15.2 Å². The first-order chi connectivity index (χ1) is 6.13. The maximum Gasteiger partial charge on any atom is 0.107 e. The third-order valence-corrected chi connectivity index (χ3v) is 1.86. The van der Waals surface area contributed by atoms with Crippen LogP contribution in [0.25, 0.3) is 0 Å². The van der Waals surface area contributed by atoms with Crippen LogP contribution in [0.5, 0.6) is 0 Å². The fourth-order valence-electron chi connectivity index (χ4n) is 1.29. The van der Waals surface area contributed by atoms with E-state index in [1.165, 1.54) is 0 Å². The van der Waals surface area contributed by atoms with Crippen LogP contribution in [0.3, 0.4) is 0 Å². The summed E-state index contributed by atoms with van der Waals surface area (Å²) in [6.45, 7) is 4.00. The number of allylic oxidation sites excluding steroid dienone is 1. The van der Waals surface area contributed by atoms with Crippen LogP contribution >= 0.6 is 0 Å².